The van der Waals surface area contributed by atoms with Gasteiger partial charge in [0, 0.05) is 13.2 Å². The minimum absolute atomic E-state index is 0.162. The Labute approximate surface area is 90.5 Å². The molecule has 3 nitrogen and oxygen atoms in total. The molecule has 84 valence electrons. The van der Waals surface area contributed by atoms with Crippen molar-refractivity contribution in [3.05, 3.63) is 35.9 Å². The van der Waals surface area contributed by atoms with Crippen LogP contribution < -0.4 is 5.73 Å². The second-order valence-corrected chi connectivity index (χ2v) is 3.78. The predicted octanol–water partition coefficient (Wildman–Crippen LogP) is 0.995. The van der Waals surface area contributed by atoms with Crippen molar-refractivity contribution < 1.29 is 10.2 Å². The Balaban J connectivity index is 2.67. The first-order valence-corrected chi connectivity index (χ1v) is 5.32. The molecule has 1 aromatic rings. The minimum Gasteiger partial charge on any atom is -0.396 e. The van der Waals surface area contributed by atoms with Crippen LogP contribution in [0, 0.1) is 0 Å². The van der Waals surface area contributed by atoms with Gasteiger partial charge in [-0.15, -0.1) is 0 Å². The number of rotatable bonds is 6. The van der Waals surface area contributed by atoms with E-state index in [2.05, 4.69) is 0 Å². The third kappa shape index (κ3) is 3.30. The maximum atomic E-state index is 10.3. The number of hydrogen-bond acceptors (Lipinski definition) is 3. The summed E-state index contributed by atoms with van der Waals surface area (Å²) in [5.74, 6) is 0. The topological polar surface area (TPSA) is 66.5 Å². The maximum Gasteiger partial charge on any atom is 0.102 e. The van der Waals surface area contributed by atoms with Gasteiger partial charge in [0.05, 0.1) is 0 Å². The quantitative estimate of drug-likeness (QED) is 0.612. The van der Waals surface area contributed by atoms with Crippen molar-refractivity contribution in [3.8, 4) is 0 Å². The van der Waals surface area contributed by atoms with Gasteiger partial charge in [0.15, 0.2) is 0 Å². The summed E-state index contributed by atoms with van der Waals surface area (Å²) < 4.78 is 0. The first-order valence-electron chi connectivity index (χ1n) is 5.32. The summed E-state index contributed by atoms with van der Waals surface area (Å²) in [5.41, 5.74) is 5.51. The third-order valence-electron chi connectivity index (χ3n) is 2.65. The van der Waals surface area contributed by atoms with E-state index >= 15 is 0 Å². The Morgan fingerprint density at radius 3 is 2.33 bits per heavy atom. The van der Waals surface area contributed by atoms with E-state index in [0.717, 1.165) is 12.0 Å². The van der Waals surface area contributed by atoms with Crippen LogP contribution >= 0.6 is 0 Å². The van der Waals surface area contributed by atoms with Gasteiger partial charge in [-0.1, -0.05) is 30.3 Å². The monoisotopic (exact) mass is 209 g/mol. The SMILES string of the molecule is NC[C@](O)(CCCCO)c1ccccc1. The largest absolute Gasteiger partial charge is 0.396 e. The van der Waals surface area contributed by atoms with Crippen molar-refractivity contribution in [1.82, 2.24) is 0 Å². The molecule has 0 radical (unpaired) electrons. The average molecular weight is 209 g/mol. The number of aliphatic hydroxyl groups excluding tert-OH is 1. The summed E-state index contributed by atoms with van der Waals surface area (Å²) >= 11 is 0. The van der Waals surface area contributed by atoms with Crippen LogP contribution in [0.2, 0.25) is 0 Å². The normalized spacial score (nSPS) is 14.9. The van der Waals surface area contributed by atoms with Crippen molar-refractivity contribution in [2.24, 2.45) is 5.73 Å². The van der Waals surface area contributed by atoms with Gasteiger partial charge in [-0.05, 0) is 24.8 Å². The molecule has 0 unspecified atom stereocenters. The Morgan fingerprint density at radius 1 is 1.13 bits per heavy atom. The number of nitrogens with two attached hydrogens (primary N) is 1. The lowest BCUT2D eigenvalue weighted by molar-refractivity contribution is 0.0329. The molecular formula is C12H19NO2. The Hall–Kier alpha value is -0.900. The molecule has 0 aliphatic carbocycles. The summed E-state index contributed by atoms with van der Waals surface area (Å²) in [4.78, 5) is 0. The molecule has 0 saturated heterocycles. The van der Waals surface area contributed by atoms with Crippen molar-refractivity contribution in [1.29, 1.82) is 0 Å². The molecule has 0 heterocycles. The molecule has 1 rings (SSSR count). The molecule has 0 amide bonds. The lowest BCUT2D eigenvalue weighted by atomic mass is 9.89. The van der Waals surface area contributed by atoms with Gasteiger partial charge in [0.25, 0.3) is 0 Å². The second kappa shape index (κ2) is 5.85. The summed E-state index contributed by atoms with van der Waals surface area (Å²) in [5, 5.41) is 19.0. The lowest BCUT2D eigenvalue weighted by Gasteiger charge is -2.27. The lowest BCUT2D eigenvalue weighted by Crippen LogP contribution is -2.34. The fraction of sp³-hybridized carbons (Fsp3) is 0.500. The molecule has 3 heteroatoms. The van der Waals surface area contributed by atoms with Crippen molar-refractivity contribution in [2.75, 3.05) is 13.2 Å². The molecule has 1 atom stereocenters. The van der Waals surface area contributed by atoms with Gasteiger partial charge in [0.2, 0.25) is 0 Å². The predicted molar refractivity (Wildman–Crippen MR) is 60.3 cm³/mol. The van der Waals surface area contributed by atoms with Crippen molar-refractivity contribution >= 4 is 0 Å². The van der Waals surface area contributed by atoms with Gasteiger partial charge >= 0.3 is 0 Å². The van der Waals surface area contributed by atoms with Crippen LogP contribution in [-0.4, -0.2) is 23.4 Å². The van der Waals surface area contributed by atoms with Gasteiger partial charge in [-0.2, -0.15) is 0 Å². The van der Waals surface area contributed by atoms with E-state index in [0.29, 0.717) is 12.8 Å². The van der Waals surface area contributed by atoms with E-state index < -0.39 is 5.60 Å². The van der Waals surface area contributed by atoms with E-state index in [-0.39, 0.29) is 13.2 Å². The zero-order valence-corrected chi connectivity index (χ0v) is 8.89. The highest BCUT2D eigenvalue weighted by atomic mass is 16.3. The van der Waals surface area contributed by atoms with Crippen LogP contribution in [0.1, 0.15) is 24.8 Å². The molecule has 4 N–H and O–H groups in total. The first kappa shape index (κ1) is 12.2. The molecule has 0 aromatic heterocycles. The zero-order chi connectivity index (χ0) is 11.1. The highest BCUT2D eigenvalue weighted by Gasteiger charge is 2.26. The van der Waals surface area contributed by atoms with Crippen LogP contribution in [0.3, 0.4) is 0 Å². The van der Waals surface area contributed by atoms with E-state index in [9.17, 15) is 5.11 Å². The minimum atomic E-state index is -0.948. The number of aliphatic hydroxyl groups is 2. The van der Waals surface area contributed by atoms with Crippen molar-refractivity contribution in [3.63, 3.8) is 0 Å². The van der Waals surface area contributed by atoms with E-state index in [1.165, 1.54) is 0 Å². The molecule has 0 aliphatic rings. The van der Waals surface area contributed by atoms with Crippen LogP contribution in [0.15, 0.2) is 30.3 Å². The molecule has 0 fully saturated rings. The average Bonchev–Trinajstić information content (AvgIpc) is 2.30. The zero-order valence-electron chi connectivity index (χ0n) is 8.89. The molecule has 0 aliphatic heterocycles. The second-order valence-electron chi connectivity index (χ2n) is 3.78. The van der Waals surface area contributed by atoms with Crippen LogP contribution in [0.25, 0.3) is 0 Å². The molecule has 0 bridgehead atoms. The molecular weight excluding hydrogens is 190 g/mol. The first-order chi connectivity index (χ1) is 7.23. The molecule has 15 heavy (non-hydrogen) atoms. The summed E-state index contributed by atoms with van der Waals surface area (Å²) in [6.45, 7) is 0.373. The van der Waals surface area contributed by atoms with Crippen LogP contribution in [0.4, 0.5) is 0 Å². The summed E-state index contributed by atoms with van der Waals surface area (Å²) in [6, 6.07) is 9.45. The van der Waals surface area contributed by atoms with Gasteiger partial charge in [0.1, 0.15) is 5.60 Å². The van der Waals surface area contributed by atoms with E-state index in [1.54, 1.807) is 0 Å². The van der Waals surface area contributed by atoms with E-state index in [4.69, 9.17) is 10.8 Å². The van der Waals surface area contributed by atoms with Gasteiger partial charge in [-0.3, -0.25) is 0 Å². The molecule has 1 aromatic carbocycles. The third-order valence-corrected chi connectivity index (χ3v) is 2.65. The van der Waals surface area contributed by atoms with Gasteiger partial charge < -0.3 is 15.9 Å². The number of unbranched alkanes of at least 4 members (excludes halogenated alkanes) is 1. The smallest absolute Gasteiger partial charge is 0.102 e. The maximum absolute atomic E-state index is 10.3. The van der Waals surface area contributed by atoms with E-state index in [1.807, 2.05) is 30.3 Å². The fourth-order valence-corrected chi connectivity index (χ4v) is 1.64. The number of benzene rings is 1. The Morgan fingerprint density at radius 2 is 1.80 bits per heavy atom. The van der Waals surface area contributed by atoms with Crippen LogP contribution in [-0.2, 0) is 5.60 Å². The van der Waals surface area contributed by atoms with Gasteiger partial charge in [-0.25, -0.2) is 0 Å². The standard InChI is InChI=1S/C12H19NO2/c13-10-12(15,8-4-5-9-14)11-6-2-1-3-7-11/h1-3,6-7,14-15H,4-5,8-10,13H2/t12-/m1/s1. The Bertz CT molecular complexity index is 276. The number of hydrogen-bond donors (Lipinski definition) is 3. The highest BCUT2D eigenvalue weighted by molar-refractivity contribution is 5.22. The Kier molecular flexibility index (Phi) is 4.75. The summed E-state index contributed by atoms with van der Waals surface area (Å²) in [7, 11) is 0. The van der Waals surface area contributed by atoms with Crippen molar-refractivity contribution in [2.45, 2.75) is 24.9 Å². The molecule has 0 saturated carbocycles. The summed E-state index contributed by atoms with van der Waals surface area (Å²) in [6.07, 6.45) is 2.07. The highest BCUT2D eigenvalue weighted by Crippen LogP contribution is 2.25. The fourth-order valence-electron chi connectivity index (χ4n) is 1.64. The van der Waals surface area contributed by atoms with Crippen LogP contribution in [0.5, 0.6) is 0 Å². The molecule has 0 spiro atoms.